The van der Waals surface area contributed by atoms with Gasteiger partial charge in [-0.2, -0.15) is 19.7 Å². The maximum absolute atomic E-state index is 11.0. The summed E-state index contributed by atoms with van der Waals surface area (Å²) in [4.78, 5) is 18.0. The van der Waals surface area contributed by atoms with Crippen molar-refractivity contribution in [3.05, 3.63) is 131 Å². The van der Waals surface area contributed by atoms with Crippen LogP contribution in [0.3, 0.4) is 0 Å². The molecular weight excluding hydrogens is 933 g/mol. The van der Waals surface area contributed by atoms with Crippen molar-refractivity contribution in [3.63, 3.8) is 0 Å². The van der Waals surface area contributed by atoms with Gasteiger partial charge in [-0.25, -0.2) is 9.69 Å². The van der Waals surface area contributed by atoms with Crippen LogP contribution < -0.4 is 28.8 Å². The van der Waals surface area contributed by atoms with Crippen molar-refractivity contribution in [3.8, 4) is 12.1 Å². The van der Waals surface area contributed by atoms with Crippen molar-refractivity contribution >= 4 is 68.3 Å². The van der Waals surface area contributed by atoms with Gasteiger partial charge >= 0.3 is 0 Å². The van der Waals surface area contributed by atoms with Gasteiger partial charge in [-0.15, -0.1) is 0 Å². The van der Waals surface area contributed by atoms with Crippen LogP contribution in [-0.4, -0.2) is 63.8 Å². The third-order valence-corrected chi connectivity index (χ3v) is 14.4. The summed E-state index contributed by atoms with van der Waals surface area (Å²) in [6.45, 7) is 42.3. The zero-order chi connectivity index (χ0) is 54.7. The van der Waals surface area contributed by atoms with Crippen LogP contribution in [0.2, 0.25) is 0 Å². The molecule has 0 unspecified atom stereocenters. The Kier molecular flexibility index (Phi) is 25.4. The average Bonchev–Trinajstić information content (AvgIpc) is 3.46. The van der Waals surface area contributed by atoms with Gasteiger partial charge in [0.25, 0.3) is 11.4 Å². The van der Waals surface area contributed by atoms with Gasteiger partial charge in [0.15, 0.2) is 0 Å². The first-order valence-corrected chi connectivity index (χ1v) is 29.0. The average molecular weight is 1020 g/mol. The molecule has 10 nitrogen and oxygen atoms in total. The fraction of sp³-hybridized carbons (Fsp3) is 0.485. The molecule has 0 atom stereocenters. The van der Waals surface area contributed by atoms with Crippen LogP contribution in [-0.2, 0) is 0 Å². The minimum Gasteiger partial charge on any atom is -0.373 e. The Morgan fingerprint density at radius 2 is 0.605 bits per heavy atom. The van der Waals surface area contributed by atoms with Crippen LogP contribution in [0.1, 0.15) is 169 Å². The molecule has 0 bridgehead atoms. The standard InChI is InChI=1S/C66H88N10/c1-11-19-39-71(40-20-12-2)57-31-35-63(53(47-57)51-67)75(64-36-32-58(48-54(64)52-68)72(41-21-13-3)42-22-14-4)55-27-29-56(30-28-55)76(65-37-33-59(49-61(65)69-9)73(43-23-15-5)44-24-16-6)66-38-34-60(50-62(66)70-10)74(45-25-17-7)46-26-18-8/h27-38,47-50H,11-26,39-46H2,1-8H3/q+2. The van der Waals surface area contributed by atoms with Gasteiger partial charge < -0.3 is 19.6 Å². The van der Waals surface area contributed by atoms with Crippen molar-refractivity contribution in [1.82, 2.24) is 9.15 Å². The molecule has 4 aromatic carbocycles. The van der Waals surface area contributed by atoms with Gasteiger partial charge in [-0.3, -0.25) is 0 Å². The summed E-state index contributed by atoms with van der Waals surface area (Å²) in [5.74, 6) is 0. The minimum absolute atomic E-state index is 0.505. The Morgan fingerprint density at radius 3 is 0.842 bits per heavy atom. The maximum atomic E-state index is 11.0. The zero-order valence-corrected chi connectivity index (χ0v) is 47.7. The molecule has 400 valence electrons. The van der Waals surface area contributed by atoms with E-state index in [-0.39, 0.29) is 0 Å². The van der Waals surface area contributed by atoms with E-state index in [0.29, 0.717) is 45.3 Å². The van der Waals surface area contributed by atoms with Crippen LogP contribution in [0.15, 0.2) is 97.1 Å². The second-order valence-electron chi connectivity index (χ2n) is 20.2. The van der Waals surface area contributed by atoms with E-state index in [9.17, 15) is 10.5 Å². The Balaban J connectivity index is 1.83. The third-order valence-electron chi connectivity index (χ3n) is 14.4. The topological polar surface area (TPSA) is 75.3 Å². The maximum Gasteiger partial charge on any atom is 0.258 e. The van der Waals surface area contributed by atoms with Crippen LogP contribution >= 0.6 is 0 Å². The fourth-order valence-corrected chi connectivity index (χ4v) is 9.82. The highest BCUT2D eigenvalue weighted by Gasteiger charge is 2.31. The van der Waals surface area contributed by atoms with E-state index in [2.05, 4.69) is 142 Å². The van der Waals surface area contributed by atoms with Crippen LogP contribution in [0, 0.1) is 35.8 Å². The normalized spacial score (nSPS) is 11.7. The molecule has 10 heteroatoms. The van der Waals surface area contributed by atoms with Gasteiger partial charge in [-0.1, -0.05) is 107 Å². The number of anilines is 4. The van der Waals surface area contributed by atoms with Gasteiger partial charge in [0.05, 0.1) is 13.1 Å². The summed E-state index contributed by atoms with van der Waals surface area (Å²) < 4.78 is 4.13. The number of unbranched alkanes of at least 4 members (excludes halogenated alkanes) is 8. The molecule has 0 N–H and O–H groups in total. The van der Waals surface area contributed by atoms with Crippen molar-refractivity contribution in [1.29, 1.82) is 10.5 Å². The lowest BCUT2D eigenvalue weighted by atomic mass is 10.0. The lowest BCUT2D eigenvalue weighted by Crippen LogP contribution is -2.26. The molecule has 0 spiro atoms. The van der Waals surface area contributed by atoms with E-state index in [1.165, 1.54) is 0 Å². The third kappa shape index (κ3) is 15.9. The zero-order valence-electron chi connectivity index (χ0n) is 47.7. The molecule has 1 aliphatic carbocycles. The predicted molar refractivity (Wildman–Crippen MR) is 327 cm³/mol. The van der Waals surface area contributed by atoms with E-state index in [1.54, 1.807) is 0 Å². The van der Waals surface area contributed by atoms with E-state index < -0.39 is 0 Å². The molecule has 5 rings (SSSR count). The van der Waals surface area contributed by atoms with E-state index in [0.717, 1.165) is 189 Å². The van der Waals surface area contributed by atoms with Gasteiger partial charge in [-0.05, 0) is 99.9 Å². The van der Waals surface area contributed by atoms with Crippen molar-refractivity contribution in [2.75, 3.05) is 72.0 Å². The van der Waals surface area contributed by atoms with Crippen molar-refractivity contribution < 1.29 is 0 Å². The minimum atomic E-state index is 0.505. The number of allylic oxidation sites excluding steroid dienone is 4. The summed E-state index contributed by atoms with van der Waals surface area (Å²) >= 11 is 0. The van der Waals surface area contributed by atoms with Gasteiger partial charge in [0.1, 0.15) is 23.3 Å². The molecule has 0 aliphatic heterocycles. The lowest BCUT2D eigenvalue weighted by Gasteiger charge is -2.26. The molecule has 0 saturated heterocycles. The highest BCUT2D eigenvalue weighted by molar-refractivity contribution is 6.21. The number of nitrogens with zero attached hydrogens (tertiary/aromatic N) is 10. The molecule has 0 fully saturated rings. The smallest absolute Gasteiger partial charge is 0.258 e. The molecule has 0 radical (unpaired) electrons. The SMILES string of the molecule is [C-]#[N+]c1cc(N(CCCC)CCCC)ccc1[N+](=C1C=CC(=[N+](c2ccc(N(CCCC)CCCC)cc2C#N)c2ccc(N(CCCC)CCCC)cc2C#N)C=C1)c1ccc(N(CCCC)CCCC)cc1[N+]#[C-]. The Labute approximate surface area is 459 Å². The summed E-state index contributed by atoms with van der Waals surface area (Å²) in [6, 6.07) is 30.0. The van der Waals surface area contributed by atoms with E-state index >= 15 is 0 Å². The summed E-state index contributed by atoms with van der Waals surface area (Å²) in [7, 11) is 0. The molecule has 0 saturated carbocycles. The van der Waals surface area contributed by atoms with Crippen LogP contribution in [0.4, 0.5) is 56.9 Å². The van der Waals surface area contributed by atoms with Crippen molar-refractivity contribution in [2.45, 2.75) is 158 Å². The first-order valence-electron chi connectivity index (χ1n) is 29.0. The van der Waals surface area contributed by atoms with Crippen LogP contribution in [0.25, 0.3) is 9.69 Å². The Hall–Kier alpha value is -7.14. The Morgan fingerprint density at radius 1 is 0.368 bits per heavy atom. The number of hydrogen-bond acceptors (Lipinski definition) is 6. The first kappa shape index (κ1) is 59.7. The lowest BCUT2D eigenvalue weighted by molar-refractivity contribution is 0.678. The molecule has 76 heavy (non-hydrogen) atoms. The van der Waals surface area contributed by atoms with Crippen LogP contribution in [0.5, 0.6) is 0 Å². The largest absolute Gasteiger partial charge is 0.373 e. The number of nitriles is 2. The van der Waals surface area contributed by atoms with Gasteiger partial charge in [0.2, 0.25) is 34.2 Å². The molecule has 0 amide bonds. The summed E-state index contributed by atoms with van der Waals surface area (Å²) in [5.41, 5.74) is 10.4. The number of hydrogen-bond donors (Lipinski definition) is 0. The molecule has 4 aromatic rings. The molecule has 0 aromatic heterocycles. The molecular formula is C66H88N10+2. The van der Waals surface area contributed by atoms with E-state index in [1.807, 2.05) is 60.7 Å². The predicted octanol–water partition coefficient (Wildman–Crippen LogP) is 17.5. The number of rotatable bonds is 32. The van der Waals surface area contributed by atoms with Crippen molar-refractivity contribution in [2.24, 2.45) is 0 Å². The Bertz CT molecular complexity index is 2400. The first-order chi connectivity index (χ1) is 37.2. The summed E-state index contributed by atoms with van der Waals surface area (Å²) in [5, 5.41) is 22.1. The summed E-state index contributed by atoms with van der Waals surface area (Å²) in [6.07, 6.45) is 25.3. The highest BCUT2D eigenvalue weighted by Crippen LogP contribution is 2.41. The fourth-order valence-electron chi connectivity index (χ4n) is 9.82. The monoisotopic (exact) mass is 1020 g/mol. The molecule has 1 aliphatic rings. The second-order valence-corrected chi connectivity index (χ2v) is 20.2. The highest BCUT2D eigenvalue weighted by atomic mass is 15.2. The van der Waals surface area contributed by atoms with Gasteiger partial charge in [0, 0.05) is 124 Å². The number of benzene rings is 4. The second kappa shape index (κ2) is 32.3. The van der Waals surface area contributed by atoms with E-state index in [4.69, 9.17) is 13.1 Å². The quantitative estimate of drug-likeness (QED) is 0.0276. The molecule has 0 heterocycles.